The number of allylic oxidation sites excluding steroid dienone is 1. The van der Waals surface area contributed by atoms with Crippen LogP contribution < -0.4 is 11.1 Å². The van der Waals surface area contributed by atoms with E-state index < -0.39 is 29.2 Å². The molecule has 2 unspecified atom stereocenters. The first kappa shape index (κ1) is 25.6. The monoisotopic (exact) mass is 551 g/mol. The smallest absolute Gasteiger partial charge is 0.352 e. The zero-order valence-electron chi connectivity index (χ0n) is 18.9. The molecule has 1 saturated heterocycles. The number of fused-ring (bicyclic) bond motifs is 1. The highest BCUT2D eigenvalue weighted by molar-refractivity contribution is 8.01. The molecule has 1 fully saturated rings. The van der Waals surface area contributed by atoms with Gasteiger partial charge < -0.3 is 21.0 Å². The summed E-state index contributed by atoms with van der Waals surface area (Å²) in [5.74, 6) is -1.82. The van der Waals surface area contributed by atoms with Crippen molar-refractivity contribution in [3.05, 3.63) is 35.0 Å². The van der Waals surface area contributed by atoms with Crippen molar-refractivity contribution in [2.75, 3.05) is 23.8 Å². The van der Waals surface area contributed by atoms with Gasteiger partial charge >= 0.3 is 5.97 Å². The first-order chi connectivity index (χ1) is 17.3. The Kier molecular flexibility index (Phi) is 7.90. The Hall–Kier alpha value is -3.44. The van der Waals surface area contributed by atoms with Gasteiger partial charge in [0.05, 0.1) is 6.54 Å². The third-order valence-corrected chi connectivity index (χ3v) is 8.03. The molecular formula is C19H21N9O5S3. The lowest BCUT2D eigenvalue weighted by atomic mass is 10.0. The topological polar surface area (TPSA) is 191 Å². The molecule has 14 nitrogen and oxygen atoms in total. The number of carbonyl (C=O) groups excluding carboxylic acids is 2. The van der Waals surface area contributed by atoms with Crippen molar-refractivity contribution >= 4 is 63.5 Å². The number of carboxylic acid groups (broad SMARTS) is 1. The number of nitrogens with two attached hydrogens (primary N) is 1. The van der Waals surface area contributed by atoms with Gasteiger partial charge in [0, 0.05) is 16.9 Å². The Labute approximate surface area is 217 Å². The molecular weight excluding hydrogens is 530 g/mol. The first-order valence-corrected chi connectivity index (χ1v) is 13.4. The number of hydrogen-bond donors (Lipinski definition) is 3. The standard InChI is InChI=1S/C19H21N9O5S3/c1-3-5-27-19(23-25-26-27)36-7-9-6-34-16-12(15(30)28(16)13(9)17(31)32)22-14(29)11(24-33-4-2)10-8-35-18(20)21-10/h3,8,12,16H,1,4-7H2,2H3,(H2,20,21)(H,22,29)(H,31,32)/b24-11+. The van der Waals surface area contributed by atoms with E-state index in [4.69, 9.17) is 10.6 Å². The van der Waals surface area contributed by atoms with Gasteiger partial charge in [-0.15, -0.1) is 34.8 Å². The highest BCUT2D eigenvalue weighted by Crippen LogP contribution is 2.41. The number of aliphatic carboxylic acids is 1. The van der Waals surface area contributed by atoms with Crippen LogP contribution in [0.3, 0.4) is 0 Å². The van der Waals surface area contributed by atoms with Crippen molar-refractivity contribution in [3.8, 4) is 0 Å². The summed E-state index contributed by atoms with van der Waals surface area (Å²) in [4.78, 5) is 48.3. The summed E-state index contributed by atoms with van der Waals surface area (Å²) in [6, 6.07) is -0.936. The molecule has 0 saturated carbocycles. The highest BCUT2D eigenvalue weighted by atomic mass is 32.2. The lowest BCUT2D eigenvalue weighted by Gasteiger charge is -2.49. The van der Waals surface area contributed by atoms with E-state index in [0.29, 0.717) is 23.0 Å². The van der Waals surface area contributed by atoms with Crippen LogP contribution in [0.5, 0.6) is 0 Å². The van der Waals surface area contributed by atoms with E-state index in [2.05, 4.69) is 37.6 Å². The number of nitrogens with zero attached hydrogens (tertiary/aromatic N) is 7. The van der Waals surface area contributed by atoms with Gasteiger partial charge in [-0.2, -0.15) is 0 Å². The molecule has 2 atom stereocenters. The summed E-state index contributed by atoms with van der Waals surface area (Å²) in [6.07, 6.45) is 1.64. The molecule has 4 heterocycles. The maximum atomic E-state index is 13.0. The Balaban J connectivity index is 1.49. The SMILES string of the molecule is C=CCn1nnnc1SCC1=C(C(=O)O)N2C(=O)C(NC(=O)/C(=N/OCC)c3csc(N)n3)C2SC1. The van der Waals surface area contributed by atoms with Crippen LogP contribution in [0.2, 0.25) is 0 Å². The fourth-order valence-corrected chi connectivity index (χ4v) is 6.34. The molecule has 0 radical (unpaired) electrons. The van der Waals surface area contributed by atoms with E-state index in [-0.39, 0.29) is 34.6 Å². The molecule has 2 aromatic heterocycles. The summed E-state index contributed by atoms with van der Waals surface area (Å²) >= 11 is 3.75. The zero-order chi connectivity index (χ0) is 25.8. The second-order valence-electron chi connectivity index (χ2n) is 7.27. The summed E-state index contributed by atoms with van der Waals surface area (Å²) in [5, 5.41) is 29.5. The molecule has 0 spiro atoms. The zero-order valence-corrected chi connectivity index (χ0v) is 21.3. The third-order valence-electron chi connectivity index (χ3n) is 4.98. The number of carboxylic acids is 1. The third kappa shape index (κ3) is 5.07. The number of nitrogens with one attached hydrogen (secondary N) is 1. The number of aromatic nitrogens is 5. The average Bonchev–Trinajstić information content (AvgIpc) is 3.49. The molecule has 2 aliphatic rings. The lowest BCUT2D eigenvalue weighted by molar-refractivity contribution is -0.150. The second-order valence-corrected chi connectivity index (χ2v) is 10.2. The van der Waals surface area contributed by atoms with Gasteiger partial charge in [0.25, 0.3) is 11.8 Å². The van der Waals surface area contributed by atoms with Gasteiger partial charge in [-0.25, -0.2) is 14.5 Å². The van der Waals surface area contributed by atoms with Gasteiger partial charge in [0.1, 0.15) is 29.4 Å². The molecule has 190 valence electrons. The predicted molar refractivity (Wildman–Crippen MR) is 133 cm³/mol. The minimum Gasteiger partial charge on any atom is -0.477 e. The number of thioether (sulfide) groups is 2. The predicted octanol–water partition coefficient (Wildman–Crippen LogP) is 0.169. The van der Waals surface area contributed by atoms with E-state index in [0.717, 1.165) is 11.3 Å². The van der Waals surface area contributed by atoms with Crippen LogP contribution in [0.25, 0.3) is 0 Å². The van der Waals surface area contributed by atoms with Crippen molar-refractivity contribution in [2.24, 2.45) is 5.16 Å². The number of thiazole rings is 1. The van der Waals surface area contributed by atoms with E-state index in [1.165, 1.54) is 33.1 Å². The quantitative estimate of drug-likeness (QED) is 0.113. The van der Waals surface area contributed by atoms with Gasteiger partial charge in [-0.3, -0.25) is 14.5 Å². The van der Waals surface area contributed by atoms with Crippen LogP contribution in [0.15, 0.2) is 39.6 Å². The minimum absolute atomic E-state index is 0.0972. The lowest BCUT2D eigenvalue weighted by Crippen LogP contribution is -2.71. The first-order valence-electron chi connectivity index (χ1n) is 10.5. The summed E-state index contributed by atoms with van der Waals surface area (Å²) in [7, 11) is 0. The number of amides is 2. The van der Waals surface area contributed by atoms with Gasteiger partial charge in [0.2, 0.25) is 5.16 Å². The van der Waals surface area contributed by atoms with Gasteiger partial charge in [0.15, 0.2) is 10.8 Å². The molecule has 0 aliphatic carbocycles. The van der Waals surface area contributed by atoms with Gasteiger partial charge in [-0.1, -0.05) is 23.0 Å². The number of rotatable bonds is 11. The Morgan fingerprint density at radius 1 is 1.50 bits per heavy atom. The molecule has 4 N–H and O–H groups in total. The van der Waals surface area contributed by atoms with Crippen LogP contribution in [0, 0.1) is 0 Å². The Morgan fingerprint density at radius 3 is 2.97 bits per heavy atom. The van der Waals surface area contributed by atoms with Crippen molar-refractivity contribution in [1.82, 2.24) is 35.4 Å². The maximum Gasteiger partial charge on any atom is 0.352 e. The summed E-state index contributed by atoms with van der Waals surface area (Å²) in [5.41, 5.74) is 6.21. The van der Waals surface area contributed by atoms with E-state index in [9.17, 15) is 19.5 Å². The normalized spacial score (nSPS) is 19.5. The molecule has 2 aromatic rings. The molecule has 17 heteroatoms. The van der Waals surface area contributed by atoms with Crippen molar-refractivity contribution in [3.63, 3.8) is 0 Å². The number of oxime groups is 1. The molecule has 36 heavy (non-hydrogen) atoms. The van der Waals surface area contributed by atoms with E-state index in [1.54, 1.807) is 18.4 Å². The average molecular weight is 552 g/mol. The van der Waals surface area contributed by atoms with Gasteiger partial charge in [-0.05, 0) is 22.9 Å². The Morgan fingerprint density at radius 2 is 2.31 bits per heavy atom. The fraction of sp³-hybridized carbons (Fsp3) is 0.368. The molecule has 2 aliphatic heterocycles. The fourth-order valence-electron chi connectivity index (χ4n) is 3.42. The highest BCUT2D eigenvalue weighted by Gasteiger charge is 2.54. The number of carbonyl (C=O) groups is 3. The molecule has 4 rings (SSSR count). The maximum absolute atomic E-state index is 13.0. The minimum atomic E-state index is -1.23. The number of anilines is 1. The number of tetrazole rings is 1. The van der Waals surface area contributed by atoms with Crippen LogP contribution >= 0.6 is 34.9 Å². The van der Waals surface area contributed by atoms with Crippen molar-refractivity contribution < 1.29 is 24.3 Å². The van der Waals surface area contributed by atoms with Crippen molar-refractivity contribution in [2.45, 2.75) is 30.0 Å². The number of hydrogen-bond acceptors (Lipinski definition) is 13. The molecule has 0 aromatic carbocycles. The van der Waals surface area contributed by atoms with E-state index in [1.807, 2.05) is 0 Å². The molecule has 0 bridgehead atoms. The van der Waals surface area contributed by atoms with Crippen LogP contribution in [-0.4, -0.2) is 88.2 Å². The number of nitrogen functional groups attached to an aromatic ring is 1. The van der Waals surface area contributed by atoms with Crippen LogP contribution in [-0.2, 0) is 25.8 Å². The summed E-state index contributed by atoms with van der Waals surface area (Å²) in [6.45, 7) is 5.99. The van der Waals surface area contributed by atoms with Crippen LogP contribution in [0.4, 0.5) is 5.13 Å². The number of β-lactam (4-membered cyclic amide) rings is 1. The largest absolute Gasteiger partial charge is 0.477 e. The van der Waals surface area contributed by atoms with Crippen molar-refractivity contribution in [1.29, 1.82) is 0 Å². The van der Waals surface area contributed by atoms with Crippen LogP contribution in [0.1, 0.15) is 12.6 Å². The Bertz CT molecular complexity index is 1260. The van der Waals surface area contributed by atoms with E-state index >= 15 is 0 Å². The summed E-state index contributed by atoms with van der Waals surface area (Å²) < 4.78 is 1.54. The molecule has 2 amide bonds. The second kappa shape index (κ2) is 11.1.